The van der Waals surface area contributed by atoms with Crippen LogP contribution in [-0.2, 0) is 9.36 Å². The first-order valence-electron chi connectivity index (χ1n) is 3.42. The molecule has 0 aromatic heterocycles. The number of carbonyl (C=O) groups is 1. The van der Waals surface area contributed by atoms with Crippen molar-refractivity contribution in [1.29, 1.82) is 0 Å². The second-order valence-corrected chi connectivity index (χ2v) is 8.55. The van der Waals surface area contributed by atoms with Gasteiger partial charge in [0.25, 0.3) is 5.85 Å². The molecule has 0 amide bonds. The van der Waals surface area contributed by atoms with Gasteiger partial charge < -0.3 is 0 Å². The van der Waals surface area contributed by atoms with Crippen LogP contribution in [0.3, 0.4) is 0 Å². The molecule has 0 saturated carbocycles. The van der Waals surface area contributed by atoms with E-state index in [1.54, 1.807) is 13.8 Å². The molecule has 2 atom stereocenters. The molecule has 0 aromatic rings. The van der Waals surface area contributed by atoms with E-state index >= 15 is 0 Å². The Hall–Kier alpha value is 0.770. The highest BCUT2D eigenvalue weighted by molar-refractivity contribution is 8.09. The summed E-state index contributed by atoms with van der Waals surface area (Å²) in [6.45, 7) is 3.38. The van der Waals surface area contributed by atoms with E-state index in [1.807, 2.05) is 0 Å². The Kier molecular flexibility index (Phi) is 5.17. The number of rotatable bonds is 4. The third kappa shape index (κ3) is 4.71. The van der Waals surface area contributed by atoms with Crippen LogP contribution in [0.2, 0.25) is 0 Å². The SMILES string of the molecule is CC(CC(=O)Cl)C(C)P(=O)(Cl)Cl. The van der Waals surface area contributed by atoms with E-state index in [4.69, 9.17) is 34.1 Å². The van der Waals surface area contributed by atoms with Crippen LogP contribution in [-0.4, -0.2) is 10.9 Å². The summed E-state index contributed by atoms with van der Waals surface area (Å²) < 4.78 is 11.1. The molecule has 6 heteroatoms. The molecule has 0 bridgehead atoms. The average Bonchev–Trinajstić information content (AvgIpc) is 1.82. The number of hydrogen-bond acceptors (Lipinski definition) is 2. The first-order chi connectivity index (χ1) is 5.25. The van der Waals surface area contributed by atoms with Crippen molar-refractivity contribution in [2.75, 3.05) is 0 Å². The maximum absolute atomic E-state index is 11.1. The largest absolute Gasteiger partial charge is 0.289 e. The van der Waals surface area contributed by atoms with E-state index < -0.39 is 16.7 Å². The van der Waals surface area contributed by atoms with Crippen molar-refractivity contribution in [3.63, 3.8) is 0 Å². The van der Waals surface area contributed by atoms with Crippen LogP contribution in [0.1, 0.15) is 20.3 Å². The van der Waals surface area contributed by atoms with Crippen molar-refractivity contribution in [2.45, 2.75) is 25.9 Å². The highest BCUT2D eigenvalue weighted by atomic mass is 35.9. The van der Waals surface area contributed by atoms with Crippen LogP contribution in [0, 0.1) is 5.92 Å². The van der Waals surface area contributed by atoms with Crippen molar-refractivity contribution >= 4 is 45.2 Å². The fourth-order valence-electron chi connectivity index (χ4n) is 0.720. The molecule has 0 rings (SSSR count). The molecule has 0 radical (unpaired) electrons. The monoisotopic (exact) mass is 250 g/mol. The summed E-state index contributed by atoms with van der Waals surface area (Å²) in [7, 11) is 0. The summed E-state index contributed by atoms with van der Waals surface area (Å²) in [5, 5.41) is -0.462. The summed E-state index contributed by atoms with van der Waals surface area (Å²) in [6, 6.07) is 0. The van der Waals surface area contributed by atoms with Gasteiger partial charge in [-0.3, -0.25) is 9.36 Å². The first-order valence-corrected chi connectivity index (χ1v) is 7.39. The van der Waals surface area contributed by atoms with E-state index in [0.29, 0.717) is 0 Å². The minimum atomic E-state index is -3.14. The predicted molar refractivity (Wildman–Crippen MR) is 53.4 cm³/mol. The molecule has 0 N–H and O–H groups in total. The molecule has 72 valence electrons. The molecule has 0 aliphatic heterocycles. The molecular weight excluding hydrogens is 241 g/mol. The van der Waals surface area contributed by atoms with Crippen molar-refractivity contribution in [2.24, 2.45) is 5.92 Å². The van der Waals surface area contributed by atoms with Crippen LogP contribution >= 0.6 is 39.9 Å². The van der Waals surface area contributed by atoms with Crippen LogP contribution in [0.15, 0.2) is 0 Å². The van der Waals surface area contributed by atoms with Gasteiger partial charge in [-0.2, -0.15) is 0 Å². The van der Waals surface area contributed by atoms with Gasteiger partial charge in [-0.25, -0.2) is 0 Å². The zero-order valence-electron chi connectivity index (χ0n) is 6.76. The quantitative estimate of drug-likeness (QED) is 0.562. The van der Waals surface area contributed by atoms with Crippen molar-refractivity contribution in [1.82, 2.24) is 0 Å². The van der Waals surface area contributed by atoms with E-state index in [9.17, 15) is 9.36 Å². The van der Waals surface area contributed by atoms with Crippen molar-refractivity contribution in [3.05, 3.63) is 0 Å². The van der Waals surface area contributed by atoms with Gasteiger partial charge in [0.05, 0.1) is 0 Å². The lowest BCUT2D eigenvalue weighted by atomic mass is 10.1. The highest BCUT2D eigenvalue weighted by Crippen LogP contribution is 2.63. The highest BCUT2D eigenvalue weighted by Gasteiger charge is 2.29. The number of halogens is 3. The Morgan fingerprint density at radius 1 is 1.42 bits per heavy atom. The van der Waals surface area contributed by atoms with Crippen LogP contribution in [0.25, 0.3) is 0 Å². The molecule has 0 aliphatic rings. The Morgan fingerprint density at radius 3 is 2.08 bits per heavy atom. The molecule has 0 aliphatic carbocycles. The van der Waals surface area contributed by atoms with Crippen LogP contribution < -0.4 is 0 Å². The van der Waals surface area contributed by atoms with Gasteiger partial charge >= 0.3 is 0 Å². The van der Waals surface area contributed by atoms with E-state index in [2.05, 4.69) is 0 Å². The Morgan fingerprint density at radius 2 is 1.83 bits per heavy atom. The van der Waals surface area contributed by atoms with Crippen LogP contribution in [0.4, 0.5) is 0 Å². The molecule has 0 saturated heterocycles. The topological polar surface area (TPSA) is 34.1 Å². The molecule has 0 fully saturated rings. The maximum atomic E-state index is 11.1. The van der Waals surface area contributed by atoms with Gasteiger partial charge in [0.15, 0.2) is 0 Å². The lowest BCUT2D eigenvalue weighted by Crippen LogP contribution is -2.13. The summed E-state index contributed by atoms with van der Waals surface area (Å²) in [5.41, 5.74) is -0.400. The number of hydrogen-bond donors (Lipinski definition) is 0. The molecule has 0 spiro atoms. The summed E-state index contributed by atoms with van der Waals surface area (Å²) in [6.07, 6.45) is 0.145. The third-order valence-corrected chi connectivity index (χ3v) is 5.24. The van der Waals surface area contributed by atoms with E-state index in [0.717, 1.165) is 0 Å². The smallest absolute Gasteiger partial charge is 0.256 e. The molecule has 2 nitrogen and oxygen atoms in total. The third-order valence-electron chi connectivity index (χ3n) is 1.78. The van der Waals surface area contributed by atoms with Crippen LogP contribution in [0.5, 0.6) is 0 Å². The maximum Gasteiger partial charge on any atom is 0.256 e. The number of carbonyl (C=O) groups excluding carboxylic acids is 1. The first kappa shape index (κ1) is 12.8. The minimum absolute atomic E-state index is 0.145. The Bertz CT molecular complexity index is 213. The second kappa shape index (κ2) is 4.85. The van der Waals surface area contributed by atoms with Gasteiger partial charge in [-0.05, 0) is 40.0 Å². The Labute approximate surface area is 86.5 Å². The molecular formula is C6H10Cl3O2P. The van der Waals surface area contributed by atoms with Gasteiger partial charge in [-0.1, -0.05) is 13.8 Å². The van der Waals surface area contributed by atoms with Gasteiger partial charge in [0.2, 0.25) is 5.24 Å². The zero-order valence-corrected chi connectivity index (χ0v) is 9.92. The molecule has 12 heavy (non-hydrogen) atoms. The van der Waals surface area contributed by atoms with Crippen molar-refractivity contribution < 1.29 is 9.36 Å². The van der Waals surface area contributed by atoms with Crippen molar-refractivity contribution in [3.8, 4) is 0 Å². The summed E-state index contributed by atoms with van der Waals surface area (Å²) in [4.78, 5) is 10.5. The fraction of sp³-hybridized carbons (Fsp3) is 0.833. The van der Waals surface area contributed by atoms with E-state index in [1.165, 1.54) is 0 Å². The lowest BCUT2D eigenvalue weighted by molar-refractivity contribution is -0.112. The standard InChI is InChI=1S/C6H10Cl3O2P/c1-4(3-6(7)10)5(2)12(8,9)11/h4-5H,3H2,1-2H3. The summed E-state index contributed by atoms with van der Waals surface area (Å²) >= 11 is 16.0. The zero-order chi connectivity index (χ0) is 9.94. The predicted octanol–water partition coefficient (Wildman–Crippen LogP) is 3.84. The van der Waals surface area contributed by atoms with Gasteiger partial charge in [0.1, 0.15) is 0 Å². The minimum Gasteiger partial charge on any atom is -0.289 e. The average molecular weight is 251 g/mol. The lowest BCUT2D eigenvalue weighted by Gasteiger charge is -2.18. The molecule has 2 unspecified atom stereocenters. The van der Waals surface area contributed by atoms with Gasteiger partial charge in [0, 0.05) is 12.1 Å². The second-order valence-electron chi connectivity index (χ2n) is 2.78. The molecule has 0 heterocycles. The normalized spacial score (nSPS) is 17.1. The van der Waals surface area contributed by atoms with Gasteiger partial charge in [-0.15, -0.1) is 0 Å². The van der Waals surface area contributed by atoms with E-state index in [-0.39, 0.29) is 12.3 Å². The Balaban J connectivity index is 4.20. The molecule has 0 aromatic carbocycles. The fourth-order valence-corrected chi connectivity index (χ4v) is 2.82. The summed E-state index contributed by atoms with van der Waals surface area (Å²) in [5.74, 6) is -3.29.